The Balaban J connectivity index is 2.07. The molecule has 1 aliphatic heterocycles. The van der Waals surface area contributed by atoms with Crippen LogP contribution in [0.4, 0.5) is 0 Å². The van der Waals surface area contributed by atoms with E-state index in [0.717, 1.165) is 31.6 Å². The van der Waals surface area contributed by atoms with E-state index >= 15 is 0 Å². The average molecular weight is 286 g/mol. The molecule has 1 fully saturated rings. The van der Waals surface area contributed by atoms with E-state index < -0.39 is 0 Å². The van der Waals surface area contributed by atoms with Crippen LogP contribution in [-0.2, 0) is 0 Å². The van der Waals surface area contributed by atoms with E-state index in [2.05, 4.69) is 34.2 Å². The number of nitrogens with zero attached hydrogens (tertiary/aromatic N) is 3. The largest absolute Gasteiger partial charge is 0.261 e. The van der Waals surface area contributed by atoms with Crippen LogP contribution in [0.3, 0.4) is 0 Å². The Bertz CT molecular complexity index is 544. The van der Waals surface area contributed by atoms with Crippen LogP contribution in [-0.4, -0.2) is 27.5 Å². The first kappa shape index (κ1) is 13.3. The summed E-state index contributed by atoms with van der Waals surface area (Å²) in [7, 11) is 0. The molecule has 0 N–H and O–H groups in total. The van der Waals surface area contributed by atoms with Gasteiger partial charge in [-0.1, -0.05) is 35.9 Å². The van der Waals surface area contributed by atoms with Crippen LogP contribution in [0.2, 0.25) is 0 Å². The highest BCUT2D eigenvalue weighted by molar-refractivity contribution is 6.13. The first-order valence-corrected chi connectivity index (χ1v) is 7.13. The Morgan fingerprint density at radius 1 is 1.05 bits per heavy atom. The van der Waals surface area contributed by atoms with Gasteiger partial charge in [0.15, 0.2) is 0 Å². The number of hydrogen-bond donors (Lipinski definition) is 0. The van der Waals surface area contributed by atoms with Gasteiger partial charge in [-0.25, -0.2) is 4.42 Å². The predicted molar refractivity (Wildman–Crippen MR) is 81.2 cm³/mol. The molecule has 3 nitrogen and oxygen atoms in total. The molecule has 2 heterocycles. The third-order valence-corrected chi connectivity index (χ3v) is 3.89. The lowest BCUT2D eigenvalue weighted by Crippen LogP contribution is -2.22. The Kier molecular flexibility index (Phi) is 4.09. The Hall–Kier alpha value is -1.71. The minimum Gasteiger partial charge on any atom is -0.261 e. The number of halogens is 1. The molecule has 0 spiro atoms. The van der Waals surface area contributed by atoms with Gasteiger partial charge in [0, 0.05) is 31.1 Å². The van der Waals surface area contributed by atoms with E-state index in [-0.39, 0.29) is 0 Å². The first-order valence-electron chi connectivity index (χ1n) is 6.79. The van der Waals surface area contributed by atoms with Crippen molar-refractivity contribution in [1.82, 2.24) is 14.4 Å². The summed E-state index contributed by atoms with van der Waals surface area (Å²) >= 11 is 6.06. The van der Waals surface area contributed by atoms with E-state index in [1.807, 2.05) is 16.7 Å². The van der Waals surface area contributed by atoms with Crippen molar-refractivity contribution < 1.29 is 0 Å². The van der Waals surface area contributed by atoms with E-state index in [1.54, 1.807) is 12.4 Å². The van der Waals surface area contributed by atoms with E-state index in [4.69, 9.17) is 11.8 Å². The summed E-state index contributed by atoms with van der Waals surface area (Å²) in [5.41, 5.74) is 4.76. The summed E-state index contributed by atoms with van der Waals surface area (Å²) in [6, 6.07) is 10.4. The van der Waals surface area contributed by atoms with Crippen LogP contribution in [0.5, 0.6) is 0 Å². The summed E-state index contributed by atoms with van der Waals surface area (Å²) in [5.74, 6) is 0. The fourth-order valence-corrected chi connectivity index (χ4v) is 2.73. The lowest BCUT2D eigenvalue weighted by Gasteiger charge is -2.24. The minimum absolute atomic E-state index is 0.882. The molecule has 102 valence electrons. The fourth-order valence-electron chi connectivity index (χ4n) is 2.57. The van der Waals surface area contributed by atoms with Gasteiger partial charge < -0.3 is 0 Å². The zero-order chi connectivity index (χ0) is 13.8. The van der Waals surface area contributed by atoms with Gasteiger partial charge >= 0.3 is 0 Å². The van der Waals surface area contributed by atoms with Gasteiger partial charge in [0.1, 0.15) is 0 Å². The maximum atomic E-state index is 6.06. The maximum Gasteiger partial charge on any atom is 0.0890 e. The molecule has 2 aromatic rings. The van der Waals surface area contributed by atoms with E-state index in [9.17, 15) is 0 Å². The lowest BCUT2D eigenvalue weighted by atomic mass is 9.92. The highest BCUT2D eigenvalue weighted by Crippen LogP contribution is 2.31. The summed E-state index contributed by atoms with van der Waals surface area (Å²) in [4.78, 5) is 8.69. The SMILES string of the molecule is ClN1CCC(=C(c2ccccc2)c2cnccn2)CC1. The highest BCUT2D eigenvalue weighted by Gasteiger charge is 2.18. The molecule has 1 saturated heterocycles. The molecule has 1 aromatic carbocycles. The van der Waals surface area contributed by atoms with E-state index in [1.165, 1.54) is 16.7 Å². The standard InChI is InChI=1S/C16H16ClN3/c17-20-10-6-14(7-11-20)16(13-4-2-1-3-5-13)15-12-18-8-9-19-15/h1-5,8-9,12H,6-7,10-11H2. The van der Waals surface area contributed by atoms with Gasteiger partial charge in [-0.05, 0) is 30.2 Å². The average Bonchev–Trinajstić information content (AvgIpc) is 2.52. The van der Waals surface area contributed by atoms with Crippen molar-refractivity contribution in [3.05, 3.63) is 65.8 Å². The van der Waals surface area contributed by atoms with Crippen LogP contribution >= 0.6 is 11.8 Å². The zero-order valence-electron chi connectivity index (χ0n) is 11.2. The number of rotatable bonds is 2. The fraction of sp³-hybridized carbons (Fsp3) is 0.250. The molecule has 20 heavy (non-hydrogen) atoms. The lowest BCUT2D eigenvalue weighted by molar-refractivity contribution is 0.421. The third-order valence-electron chi connectivity index (χ3n) is 3.55. The monoisotopic (exact) mass is 285 g/mol. The molecular weight excluding hydrogens is 270 g/mol. The molecule has 1 aliphatic rings. The molecule has 4 heteroatoms. The first-order chi connectivity index (χ1) is 9.84. The number of benzene rings is 1. The predicted octanol–water partition coefficient (Wildman–Crippen LogP) is 3.53. The third kappa shape index (κ3) is 2.89. The quantitative estimate of drug-likeness (QED) is 0.791. The van der Waals surface area contributed by atoms with Crippen LogP contribution in [0.25, 0.3) is 5.57 Å². The molecular formula is C16H16ClN3. The second kappa shape index (κ2) is 6.16. The second-order valence-corrected chi connectivity index (χ2v) is 5.32. The van der Waals surface area contributed by atoms with Gasteiger partial charge in [0.2, 0.25) is 0 Å². The summed E-state index contributed by atoms with van der Waals surface area (Å²) in [6.45, 7) is 1.76. The molecule has 0 atom stereocenters. The van der Waals surface area contributed by atoms with Gasteiger partial charge in [0.05, 0.1) is 11.9 Å². The summed E-state index contributed by atoms with van der Waals surface area (Å²) in [6.07, 6.45) is 7.24. The van der Waals surface area contributed by atoms with Gasteiger partial charge in [-0.3, -0.25) is 9.97 Å². The maximum absolute atomic E-state index is 6.06. The van der Waals surface area contributed by atoms with E-state index in [0.29, 0.717) is 0 Å². The number of aromatic nitrogens is 2. The summed E-state index contributed by atoms with van der Waals surface area (Å²) in [5, 5.41) is 0. The number of piperidine rings is 1. The Labute approximate surface area is 124 Å². The van der Waals surface area contributed by atoms with Crippen molar-refractivity contribution in [2.45, 2.75) is 12.8 Å². The topological polar surface area (TPSA) is 29.0 Å². The van der Waals surface area contributed by atoms with Crippen molar-refractivity contribution >= 4 is 17.3 Å². The van der Waals surface area contributed by atoms with Crippen LogP contribution in [0, 0.1) is 0 Å². The van der Waals surface area contributed by atoms with Gasteiger partial charge in [-0.15, -0.1) is 0 Å². The molecule has 0 radical (unpaired) electrons. The van der Waals surface area contributed by atoms with Crippen molar-refractivity contribution in [2.24, 2.45) is 0 Å². The van der Waals surface area contributed by atoms with Crippen LogP contribution in [0.1, 0.15) is 24.1 Å². The summed E-state index contributed by atoms with van der Waals surface area (Å²) < 4.78 is 1.85. The number of hydrogen-bond acceptors (Lipinski definition) is 3. The van der Waals surface area contributed by atoms with Crippen molar-refractivity contribution in [3.63, 3.8) is 0 Å². The Morgan fingerprint density at radius 3 is 2.45 bits per heavy atom. The molecule has 0 saturated carbocycles. The highest BCUT2D eigenvalue weighted by atomic mass is 35.5. The van der Waals surface area contributed by atoms with Crippen molar-refractivity contribution in [3.8, 4) is 0 Å². The van der Waals surface area contributed by atoms with Gasteiger partial charge in [0.25, 0.3) is 0 Å². The van der Waals surface area contributed by atoms with Crippen LogP contribution in [0.15, 0.2) is 54.5 Å². The minimum atomic E-state index is 0.882. The zero-order valence-corrected chi connectivity index (χ0v) is 11.9. The molecule has 0 amide bonds. The normalized spacial score (nSPS) is 16.1. The molecule has 0 bridgehead atoms. The van der Waals surface area contributed by atoms with Crippen molar-refractivity contribution in [2.75, 3.05) is 13.1 Å². The van der Waals surface area contributed by atoms with Crippen molar-refractivity contribution in [1.29, 1.82) is 0 Å². The smallest absolute Gasteiger partial charge is 0.0890 e. The van der Waals surface area contributed by atoms with Gasteiger partial charge in [-0.2, -0.15) is 0 Å². The molecule has 1 aromatic heterocycles. The van der Waals surface area contributed by atoms with Crippen LogP contribution < -0.4 is 0 Å². The second-order valence-electron chi connectivity index (χ2n) is 4.85. The molecule has 0 unspecified atom stereocenters. The Morgan fingerprint density at radius 2 is 1.80 bits per heavy atom. The molecule has 3 rings (SSSR count). The molecule has 0 aliphatic carbocycles.